The highest BCUT2D eigenvalue weighted by Crippen LogP contribution is 2.12. The van der Waals surface area contributed by atoms with E-state index in [0.29, 0.717) is 0 Å². The summed E-state index contributed by atoms with van der Waals surface area (Å²) >= 11 is 0. The number of carbonyl (C=O) groups excluding carboxylic acids is 2. The van der Waals surface area contributed by atoms with Crippen molar-refractivity contribution in [2.75, 3.05) is 0 Å². The topological polar surface area (TPSA) is 58.9 Å². The van der Waals surface area contributed by atoms with Gasteiger partial charge >= 0.3 is 0 Å². The van der Waals surface area contributed by atoms with E-state index in [1.165, 1.54) is 0 Å². The van der Waals surface area contributed by atoms with Crippen molar-refractivity contribution in [1.29, 1.82) is 0 Å². The Morgan fingerprint density at radius 3 is 2.27 bits per heavy atom. The summed E-state index contributed by atoms with van der Waals surface area (Å²) in [6.45, 7) is 3.94. The third-order valence-electron chi connectivity index (χ3n) is 2.29. The molecular formula is C11H18N2O2. The van der Waals surface area contributed by atoms with Crippen LogP contribution in [0.25, 0.3) is 0 Å². The fourth-order valence-electron chi connectivity index (χ4n) is 1.48. The van der Waals surface area contributed by atoms with Crippen LogP contribution in [0, 0.1) is 0 Å². The summed E-state index contributed by atoms with van der Waals surface area (Å²) in [5.41, 5.74) is 0. The van der Waals surface area contributed by atoms with Crippen LogP contribution in [0.2, 0.25) is 0 Å². The summed E-state index contributed by atoms with van der Waals surface area (Å²) in [6, 6.07) is 0.102. The van der Waals surface area contributed by atoms with Crippen molar-refractivity contribution < 1.29 is 9.59 Å². The van der Waals surface area contributed by atoms with Crippen molar-refractivity contribution in [2.45, 2.75) is 58.0 Å². The normalized spacial score (nSPS) is 13.5. The summed E-state index contributed by atoms with van der Waals surface area (Å²) in [4.78, 5) is 27.4. The molecule has 84 valence electrons. The van der Waals surface area contributed by atoms with Gasteiger partial charge in [-0.2, -0.15) is 0 Å². The fraction of sp³-hybridized carbons (Fsp3) is 0.818. The molecule has 0 saturated carbocycles. The first-order chi connectivity index (χ1) is 7.24. The van der Waals surface area contributed by atoms with Gasteiger partial charge in [-0.1, -0.05) is 13.3 Å². The molecule has 2 atom stereocenters. The highest BCUT2D eigenvalue weighted by molar-refractivity contribution is 5.33. The Bertz CT molecular complexity index is 253. The molecule has 0 fully saturated rings. The van der Waals surface area contributed by atoms with Crippen molar-refractivity contribution in [1.82, 2.24) is 0 Å². The minimum Gasteiger partial charge on any atom is -0.211 e. The lowest BCUT2D eigenvalue weighted by Crippen LogP contribution is -2.06. The average molecular weight is 210 g/mol. The molecule has 4 nitrogen and oxygen atoms in total. The molecule has 0 spiro atoms. The van der Waals surface area contributed by atoms with Crippen molar-refractivity contribution in [3.63, 3.8) is 0 Å². The van der Waals surface area contributed by atoms with E-state index in [0.717, 1.165) is 32.1 Å². The van der Waals surface area contributed by atoms with E-state index in [1.807, 2.05) is 6.92 Å². The Labute approximate surface area is 90.5 Å². The van der Waals surface area contributed by atoms with Crippen LogP contribution in [-0.4, -0.2) is 24.2 Å². The SMILES string of the molecule is CCCC(CCCC(C)N=C=O)N=C=O. The zero-order valence-electron chi connectivity index (χ0n) is 9.40. The van der Waals surface area contributed by atoms with Gasteiger partial charge in [0.1, 0.15) is 0 Å². The molecule has 0 aromatic carbocycles. The van der Waals surface area contributed by atoms with E-state index in [1.54, 1.807) is 12.2 Å². The van der Waals surface area contributed by atoms with Crippen LogP contribution in [0.5, 0.6) is 0 Å². The van der Waals surface area contributed by atoms with Crippen LogP contribution in [0.1, 0.15) is 46.0 Å². The zero-order valence-corrected chi connectivity index (χ0v) is 9.40. The number of aliphatic imine (C=N–C) groups is 2. The van der Waals surface area contributed by atoms with Crippen molar-refractivity contribution >= 4 is 12.2 Å². The maximum absolute atomic E-state index is 10.1. The minimum absolute atomic E-state index is 0.0185. The molecule has 0 aliphatic rings. The molecule has 0 aliphatic carbocycles. The van der Waals surface area contributed by atoms with Crippen LogP contribution in [0.4, 0.5) is 0 Å². The minimum atomic E-state index is 0.0185. The third kappa shape index (κ3) is 7.80. The maximum Gasteiger partial charge on any atom is 0.235 e. The second-order valence-electron chi connectivity index (χ2n) is 3.66. The molecule has 0 aliphatic heterocycles. The molecule has 0 amide bonds. The van der Waals surface area contributed by atoms with Crippen molar-refractivity contribution in [3.8, 4) is 0 Å². The van der Waals surface area contributed by atoms with Crippen LogP contribution in [0.3, 0.4) is 0 Å². The summed E-state index contributed by atoms with van der Waals surface area (Å²) in [7, 11) is 0. The van der Waals surface area contributed by atoms with Gasteiger partial charge in [-0.3, -0.25) is 0 Å². The summed E-state index contributed by atoms with van der Waals surface area (Å²) in [6.07, 6.45) is 7.70. The number of rotatable bonds is 8. The molecule has 2 unspecified atom stereocenters. The molecule has 0 aromatic rings. The number of isocyanates is 2. The smallest absolute Gasteiger partial charge is 0.211 e. The second-order valence-corrected chi connectivity index (χ2v) is 3.66. The molecule has 0 rings (SSSR count). The average Bonchev–Trinajstić information content (AvgIpc) is 2.19. The first-order valence-corrected chi connectivity index (χ1v) is 5.38. The molecule has 0 N–H and O–H groups in total. The lowest BCUT2D eigenvalue weighted by atomic mass is 10.0. The molecule has 0 bridgehead atoms. The zero-order chi connectivity index (χ0) is 11.5. The highest BCUT2D eigenvalue weighted by Gasteiger charge is 2.06. The van der Waals surface area contributed by atoms with Gasteiger partial charge in [-0.25, -0.2) is 19.6 Å². The van der Waals surface area contributed by atoms with Gasteiger partial charge in [0.05, 0.1) is 12.1 Å². The van der Waals surface area contributed by atoms with Gasteiger partial charge in [-0.15, -0.1) is 0 Å². The highest BCUT2D eigenvalue weighted by atomic mass is 16.1. The molecule has 4 heteroatoms. The van der Waals surface area contributed by atoms with E-state index in [2.05, 4.69) is 16.9 Å². The lowest BCUT2D eigenvalue weighted by Gasteiger charge is -2.09. The largest absolute Gasteiger partial charge is 0.235 e. The molecule has 0 saturated heterocycles. The van der Waals surface area contributed by atoms with Crippen molar-refractivity contribution in [3.05, 3.63) is 0 Å². The second kappa shape index (κ2) is 9.32. The Hall–Kier alpha value is -1.24. The number of hydrogen-bond donors (Lipinski definition) is 0. The fourth-order valence-corrected chi connectivity index (χ4v) is 1.48. The van der Waals surface area contributed by atoms with Gasteiger partial charge in [0.2, 0.25) is 12.2 Å². The molecule has 0 aromatic heterocycles. The first kappa shape index (κ1) is 13.8. The van der Waals surface area contributed by atoms with E-state index >= 15 is 0 Å². The summed E-state index contributed by atoms with van der Waals surface area (Å²) in [5.74, 6) is 0. The quantitative estimate of drug-likeness (QED) is 0.456. The van der Waals surface area contributed by atoms with E-state index < -0.39 is 0 Å². The monoisotopic (exact) mass is 210 g/mol. The maximum atomic E-state index is 10.1. The van der Waals surface area contributed by atoms with Crippen LogP contribution in [-0.2, 0) is 9.59 Å². The Balaban J connectivity index is 3.79. The number of hydrogen-bond acceptors (Lipinski definition) is 4. The molecular weight excluding hydrogens is 192 g/mol. The predicted molar refractivity (Wildman–Crippen MR) is 58.3 cm³/mol. The summed E-state index contributed by atoms with van der Waals surface area (Å²) in [5, 5.41) is 0. The van der Waals surface area contributed by atoms with E-state index in [4.69, 9.17) is 0 Å². The van der Waals surface area contributed by atoms with Crippen molar-refractivity contribution in [2.24, 2.45) is 9.98 Å². The standard InChI is InChI=1S/C11H18N2O2/c1-3-5-11(13-9-15)7-4-6-10(2)12-8-14/h10-11H,3-7H2,1-2H3. The summed E-state index contributed by atoms with van der Waals surface area (Å²) < 4.78 is 0. The third-order valence-corrected chi connectivity index (χ3v) is 2.29. The molecule has 15 heavy (non-hydrogen) atoms. The van der Waals surface area contributed by atoms with Gasteiger partial charge in [0, 0.05) is 0 Å². The van der Waals surface area contributed by atoms with Crippen LogP contribution >= 0.6 is 0 Å². The van der Waals surface area contributed by atoms with Crippen LogP contribution in [0.15, 0.2) is 9.98 Å². The van der Waals surface area contributed by atoms with E-state index in [9.17, 15) is 9.59 Å². The molecule has 0 radical (unpaired) electrons. The van der Waals surface area contributed by atoms with Gasteiger partial charge in [-0.05, 0) is 32.6 Å². The van der Waals surface area contributed by atoms with Gasteiger partial charge in [0.25, 0.3) is 0 Å². The predicted octanol–water partition coefficient (Wildman–Crippen LogP) is 2.39. The van der Waals surface area contributed by atoms with Crippen LogP contribution < -0.4 is 0 Å². The molecule has 0 heterocycles. The van der Waals surface area contributed by atoms with Gasteiger partial charge in [0.15, 0.2) is 0 Å². The Morgan fingerprint density at radius 2 is 1.73 bits per heavy atom. The number of nitrogens with zero attached hydrogens (tertiary/aromatic N) is 2. The van der Waals surface area contributed by atoms with E-state index in [-0.39, 0.29) is 12.1 Å². The Morgan fingerprint density at radius 1 is 1.07 bits per heavy atom. The Kier molecular flexibility index (Phi) is 8.55. The lowest BCUT2D eigenvalue weighted by molar-refractivity contribution is 0.496. The van der Waals surface area contributed by atoms with Gasteiger partial charge < -0.3 is 0 Å². The first-order valence-electron chi connectivity index (χ1n) is 5.38.